The van der Waals surface area contributed by atoms with Crippen molar-refractivity contribution < 1.29 is 4.74 Å². The lowest BCUT2D eigenvalue weighted by atomic mass is 9.96. The second-order valence-corrected chi connectivity index (χ2v) is 9.31. The number of aryl methyl sites for hydroxylation is 2. The molecule has 0 aliphatic carbocycles. The summed E-state index contributed by atoms with van der Waals surface area (Å²) in [6, 6.07) is 25.0. The Labute approximate surface area is 212 Å². The number of nitrogens with zero attached hydrogens (tertiary/aromatic N) is 3. The van der Waals surface area contributed by atoms with Gasteiger partial charge in [-0.15, -0.1) is 0 Å². The molecule has 6 heteroatoms. The second-order valence-electron chi connectivity index (χ2n) is 8.92. The number of benzene rings is 2. The number of aromatic nitrogens is 2. The van der Waals surface area contributed by atoms with E-state index in [-0.39, 0.29) is 12.1 Å². The normalized spacial score (nSPS) is 17.5. The SMILES string of the molecule is CCOc1ccc(N2C(=S)N[C@@H](c3ccccn3)[C@@H]2c2cc(C)n(-c3ccc(C)cc3)c2C)cc1. The maximum atomic E-state index is 5.90. The van der Waals surface area contributed by atoms with Crippen LogP contribution >= 0.6 is 12.2 Å². The Hall–Kier alpha value is -3.64. The molecule has 1 aliphatic heterocycles. The summed E-state index contributed by atoms with van der Waals surface area (Å²) in [5, 5.41) is 4.25. The van der Waals surface area contributed by atoms with Gasteiger partial charge < -0.3 is 19.5 Å². The minimum Gasteiger partial charge on any atom is -0.494 e. The molecule has 35 heavy (non-hydrogen) atoms. The van der Waals surface area contributed by atoms with Crippen LogP contribution in [0, 0.1) is 20.8 Å². The monoisotopic (exact) mass is 482 g/mol. The Morgan fingerprint density at radius 1 is 0.943 bits per heavy atom. The van der Waals surface area contributed by atoms with Crippen molar-refractivity contribution >= 4 is 23.0 Å². The van der Waals surface area contributed by atoms with E-state index in [1.165, 1.54) is 22.5 Å². The molecule has 0 spiro atoms. The number of anilines is 1. The van der Waals surface area contributed by atoms with Crippen LogP contribution in [0.4, 0.5) is 5.69 Å². The van der Waals surface area contributed by atoms with Crippen LogP contribution in [0.3, 0.4) is 0 Å². The molecule has 1 saturated heterocycles. The van der Waals surface area contributed by atoms with Crippen molar-refractivity contribution in [2.75, 3.05) is 11.5 Å². The van der Waals surface area contributed by atoms with E-state index in [1.54, 1.807) is 0 Å². The van der Waals surface area contributed by atoms with Crippen LogP contribution in [-0.2, 0) is 0 Å². The second kappa shape index (κ2) is 9.55. The van der Waals surface area contributed by atoms with Crippen LogP contribution in [0.25, 0.3) is 5.69 Å². The molecule has 5 rings (SSSR count). The predicted octanol–water partition coefficient (Wildman–Crippen LogP) is 6.37. The minimum atomic E-state index is -0.0813. The average molecular weight is 483 g/mol. The summed E-state index contributed by atoms with van der Waals surface area (Å²) in [6.07, 6.45) is 1.84. The Kier molecular flexibility index (Phi) is 6.31. The van der Waals surface area contributed by atoms with Crippen molar-refractivity contribution in [3.63, 3.8) is 0 Å². The van der Waals surface area contributed by atoms with E-state index >= 15 is 0 Å². The van der Waals surface area contributed by atoms with Crippen LogP contribution < -0.4 is 15.0 Å². The van der Waals surface area contributed by atoms with Crippen LogP contribution in [-0.4, -0.2) is 21.3 Å². The number of rotatable bonds is 6. The Morgan fingerprint density at radius 2 is 1.66 bits per heavy atom. The molecule has 2 aromatic heterocycles. The molecular formula is C29H30N4OS. The topological polar surface area (TPSA) is 42.3 Å². The number of pyridine rings is 1. The van der Waals surface area contributed by atoms with E-state index in [4.69, 9.17) is 17.0 Å². The van der Waals surface area contributed by atoms with E-state index in [9.17, 15) is 0 Å². The highest BCUT2D eigenvalue weighted by Gasteiger charge is 2.42. The third kappa shape index (κ3) is 4.30. The Bertz CT molecular complexity index is 1330. The lowest BCUT2D eigenvalue weighted by molar-refractivity contribution is 0.340. The number of hydrogen-bond acceptors (Lipinski definition) is 3. The summed E-state index contributed by atoms with van der Waals surface area (Å²) in [6.45, 7) is 9.09. The van der Waals surface area contributed by atoms with Gasteiger partial charge in [0.1, 0.15) is 5.75 Å². The first-order chi connectivity index (χ1) is 17.0. The first-order valence-corrected chi connectivity index (χ1v) is 12.4. The van der Waals surface area contributed by atoms with Gasteiger partial charge in [0.25, 0.3) is 0 Å². The molecule has 5 nitrogen and oxygen atoms in total. The van der Waals surface area contributed by atoms with Gasteiger partial charge in [-0.25, -0.2) is 0 Å². The zero-order valence-corrected chi connectivity index (χ0v) is 21.3. The standard InChI is InChI=1S/C29H30N4OS/c1-5-34-24-15-13-23(14-16-24)33-28(27(31-29(33)35)26-8-6-7-17-30-26)25-18-20(3)32(21(25)4)22-11-9-19(2)10-12-22/h6-18,27-28H,5H2,1-4H3,(H,31,35)/t27-,28-/m0/s1. The van der Waals surface area contributed by atoms with E-state index in [0.29, 0.717) is 11.7 Å². The fourth-order valence-corrected chi connectivity index (χ4v) is 5.34. The summed E-state index contributed by atoms with van der Waals surface area (Å²) in [4.78, 5) is 6.90. The van der Waals surface area contributed by atoms with Crippen LogP contribution in [0.15, 0.2) is 79.0 Å². The number of thiocarbonyl (C=S) groups is 1. The molecule has 1 aliphatic rings. The molecule has 3 heterocycles. The Morgan fingerprint density at radius 3 is 2.31 bits per heavy atom. The van der Waals surface area contributed by atoms with Gasteiger partial charge in [0, 0.05) is 29.0 Å². The summed E-state index contributed by atoms with van der Waals surface area (Å²) in [7, 11) is 0. The summed E-state index contributed by atoms with van der Waals surface area (Å²) >= 11 is 5.90. The van der Waals surface area contributed by atoms with Crippen LogP contribution in [0.2, 0.25) is 0 Å². The molecule has 0 bridgehead atoms. The zero-order chi connectivity index (χ0) is 24.5. The van der Waals surface area contributed by atoms with Gasteiger partial charge in [-0.1, -0.05) is 23.8 Å². The van der Waals surface area contributed by atoms with E-state index in [1.807, 2.05) is 37.4 Å². The molecule has 1 N–H and O–H groups in total. The molecule has 1 fully saturated rings. The van der Waals surface area contributed by atoms with Gasteiger partial charge in [-0.2, -0.15) is 0 Å². The van der Waals surface area contributed by atoms with Crippen molar-refractivity contribution in [3.05, 3.63) is 107 Å². The molecule has 178 valence electrons. The van der Waals surface area contributed by atoms with Crippen molar-refractivity contribution in [1.29, 1.82) is 0 Å². The fourth-order valence-electron chi connectivity index (χ4n) is 5.00. The quantitative estimate of drug-likeness (QED) is 0.323. The lowest BCUT2D eigenvalue weighted by Gasteiger charge is -2.28. The van der Waals surface area contributed by atoms with Crippen molar-refractivity contribution in [1.82, 2.24) is 14.9 Å². The third-order valence-corrected chi connectivity index (χ3v) is 6.92. The largest absolute Gasteiger partial charge is 0.494 e. The van der Waals surface area contributed by atoms with Crippen molar-refractivity contribution in [2.24, 2.45) is 0 Å². The molecule has 2 atom stereocenters. The zero-order valence-electron chi connectivity index (χ0n) is 20.5. The summed E-state index contributed by atoms with van der Waals surface area (Å²) < 4.78 is 7.99. The predicted molar refractivity (Wildman–Crippen MR) is 146 cm³/mol. The fraction of sp³-hybridized carbons (Fsp3) is 0.241. The maximum Gasteiger partial charge on any atom is 0.174 e. The van der Waals surface area contributed by atoms with Crippen LogP contribution in [0.1, 0.15) is 47.2 Å². The van der Waals surface area contributed by atoms with Gasteiger partial charge in [0.15, 0.2) is 5.11 Å². The number of hydrogen-bond donors (Lipinski definition) is 1. The van der Waals surface area contributed by atoms with E-state index < -0.39 is 0 Å². The van der Waals surface area contributed by atoms with Gasteiger partial charge >= 0.3 is 0 Å². The molecule has 2 aromatic carbocycles. The molecule has 0 unspecified atom stereocenters. The van der Waals surface area contributed by atoms with Gasteiger partial charge in [-0.05, 0) is 100 Å². The first-order valence-electron chi connectivity index (χ1n) is 12.0. The van der Waals surface area contributed by atoms with Crippen molar-refractivity contribution in [3.8, 4) is 11.4 Å². The number of nitrogens with one attached hydrogen (secondary N) is 1. The molecule has 0 saturated carbocycles. The minimum absolute atomic E-state index is 0.0549. The first kappa shape index (κ1) is 23.1. The maximum absolute atomic E-state index is 5.90. The molecule has 0 amide bonds. The summed E-state index contributed by atoms with van der Waals surface area (Å²) in [5.41, 5.74) is 8.00. The molecule has 4 aromatic rings. The Balaban J connectivity index is 1.63. The van der Waals surface area contributed by atoms with Crippen LogP contribution in [0.5, 0.6) is 5.75 Å². The smallest absolute Gasteiger partial charge is 0.174 e. The van der Waals surface area contributed by atoms with E-state index in [0.717, 1.165) is 22.8 Å². The highest BCUT2D eigenvalue weighted by molar-refractivity contribution is 7.80. The lowest BCUT2D eigenvalue weighted by Crippen LogP contribution is -2.29. The van der Waals surface area contributed by atoms with Gasteiger partial charge in [0.2, 0.25) is 0 Å². The highest BCUT2D eigenvalue weighted by Crippen LogP contribution is 2.44. The van der Waals surface area contributed by atoms with Gasteiger partial charge in [-0.3, -0.25) is 4.98 Å². The van der Waals surface area contributed by atoms with E-state index in [2.05, 4.69) is 89.1 Å². The van der Waals surface area contributed by atoms with Gasteiger partial charge in [0.05, 0.1) is 24.4 Å². The van der Waals surface area contributed by atoms with Crippen molar-refractivity contribution in [2.45, 2.75) is 39.8 Å². The molecular weight excluding hydrogens is 452 g/mol. The third-order valence-electron chi connectivity index (χ3n) is 6.61. The number of ether oxygens (including phenoxy) is 1. The summed E-state index contributed by atoms with van der Waals surface area (Å²) in [5.74, 6) is 0.852. The average Bonchev–Trinajstić information content (AvgIpc) is 3.36. The molecule has 0 radical (unpaired) electrons. The highest BCUT2D eigenvalue weighted by atomic mass is 32.1.